The van der Waals surface area contributed by atoms with E-state index >= 15 is 0 Å². The first-order valence-electron chi connectivity index (χ1n) is 10.2. The van der Waals surface area contributed by atoms with Crippen LogP contribution in [-0.4, -0.2) is 56.8 Å². The maximum atomic E-state index is 13.5. The Labute approximate surface area is 171 Å². The summed E-state index contributed by atoms with van der Waals surface area (Å²) in [4.78, 5) is 10.9. The lowest BCUT2D eigenvalue weighted by Gasteiger charge is -2.39. The normalized spacial score (nSPS) is 20.2. The molecule has 0 radical (unpaired) electrons. The molecule has 0 bridgehead atoms. The van der Waals surface area contributed by atoms with Gasteiger partial charge in [0.25, 0.3) is 0 Å². The minimum Gasteiger partial charge on any atom is -0.351 e. The summed E-state index contributed by atoms with van der Waals surface area (Å²) in [5, 5.41) is 15.9. The molecule has 0 aromatic carbocycles. The molecule has 0 aliphatic carbocycles. The van der Waals surface area contributed by atoms with Crippen molar-refractivity contribution in [3.05, 3.63) is 29.3 Å². The average molecular weight is 400 g/mol. The number of nitrogens with zero attached hydrogens (tertiary/aromatic N) is 4. The highest BCUT2D eigenvalue weighted by Gasteiger charge is 2.35. The molecule has 2 aliphatic rings. The zero-order valence-electron chi connectivity index (χ0n) is 17.2. The summed E-state index contributed by atoms with van der Waals surface area (Å²) < 4.78 is 13.5. The van der Waals surface area contributed by atoms with Gasteiger partial charge in [-0.3, -0.25) is 4.99 Å². The van der Waals surface area contributed by atoms with Gasteiger partial charge in [-0.1, -0.05) is 6.92 Å². The van der Waals surface area contributed by atoms with Gasteiger partial charge in [0.05, 0.1) is 19.2 Å². The van der Waals surface area contributed by atoms with Crippen LogP contribution in [0.15, 0.2) is 28.8 Å². The Morgan fingerprint density at radius 2 is 2.21 bits per heavy atom. The lowest BCUT2D eigenvalue weighted by Crippen LogP contribution is -2.49. The first-order chi connectivity index (χ1) is 14.0. The van der Waals surface area contributed by atoms with E-state index in [1.807, 2.05) is 17.9 Å². The number of pyridine rings is 1. The topological polar surface area (TPSA) is 102 Å². The molecule has 0 amide bonds. The van der Waals surface area contributed by atoms with Crippen LogP contribution in [0.25, 0.3) is 0 Å². The number of alkyl halides is 1. The first-order valence-corrected chi connectivity index (χ1v) is 10.2. The molecule has 0 atom stereocenters. The van der Waals surface area contributed by atoms with Crippen LogP contribution in [0.4, 0.5) is 16.0 Å². The second kappa shape index (κ2) is 9.33. The van der Waals surface area contributed by atoms with E-state index in [-0.39, 0.29) is 5.41 Å². The zero-order valence-corrected chi connectivity index (χ0v) is 17.2. The fraction of sp³-hybridized carbons (Fsp3) is 0.571. The third-order valence-corrected chi connectivity index (χ3v) is 5.87. The molecule has 4 N–H and O–H groups in total. The van der Waals surface area contributed by atoms with Crippen molar-refractivity contribution in [3.63, 3.8) is 0 Å². The van der Waals surface area contributed by atoms with Gasteiger partial charge in [0.1, 0.15) is 23.6 Å². The highest BCUT2D eigenvalue weighted by Crippen LogP contribution is 2.36. The molecule has 0 spiro atoms. The van der Waals surface area contributed by atoms with Gasteiger partial charge in [0.2, 0.25) is 0 Å². The summed E-state index contributed by atoms with van der Waals surface area (Å²) in [6.45, 7) is 5.03. The first kappa shape index (κ1) is 21.2. The molecule has 8 heteroatoms. The smallest absolute Gasteiger partial charge is 0.135 e. The summed E-state index contributed by atoms with van der Waals surface area (Å²) in [5.74, 6) is 1.95. The van der Waals surface area contributed by atoms with Gasteiger partial charge in [0, 0.05) is 24.6 Å². The molecule has 156 valence electrons. The van der Waals surface area contributed by atoms with Crippen molar-refractivity contribution in [2.75, 3.05) is 50.0 Å². The summed E-state index contributed by atoms with van der Waals surface area (Å²) >= 11 is 0. The second-order valence-corrected chi connectivity index (χ2v) is 7.70. The van der Waals surface area contributed by atoms with E-state index in [0.29, 0.717) is 43.3 Å². The van der Waals surface area contributed by atoms with Crippen molar-refractivity contribution in [3.8, 4) is 6.07 Å². The summed E-state index contributed by atoms with van der Waals surface area (Å²) in [6.07, 6.45) is 3.45. The molecular weight excluding hydrogens is 369 g/mol. The molecule has 0 unspecified atom stereocenters. The molecule has 2 fully saturated rings. The summed E-state index contributed by atoms with van der Waals surface area (Å²) in [6, 6.07) is 6.26. The Morgan fingerprint density at radius 3 is 2.76 bits per heavy atom. The fourth-order valence-corrected chi connectivity index (χ4v) is 3.84. The van der Waals surface area contributed by atoms with Crippen molar-refractivity contribution in [1.29, 1.82) is 5.26 Å². The molecular formula is C21H30FN7. The average Bonchev–Trinajstić information content (AvgIpc) is 2.74. The Morgan fingerprint density at radius 1 is 1.48 bits per heavy atom. The number of nitrogens with one attached hydrogen (secondary N) is 2. The number of piperidine rings is 1. The Kier molecular flexibility index (Phi) is 6.83. The van der Waals surface area contributed by atoms with Crippen LogP contribution in [0, 0.1) is 11.3 Å². The number of hydrogen-bond acceptors (Lipinski definition) is 6. The minimum absolute atomic E-state index is 0.125. The quantitative estimate of drug-likeness (QED) is 0.385. The Balaban J connectivity index is 1.97. The highest BCUT2D eigenvalue weighted by atomic mass is 19.1. The lowest BCUT2D eigenvalue weighted by atomic mass is 9.73. The number of aliphatic imine (C=N–C) groups is 1. The zero-order chi connectivity index (χ0) is 20.9. The SMILES string of the molecule is CC/C(C#N)=C\C(=NC)Nc1cc(C2(CN)CCNCC2)cc(N2CC(F)C2)n1. The van der Waals surface area contributed by atoms with Crippen LogP contribution in [0.5, 0.6) is 0 Å². The van der Waals surface area contributed by atoms with Crippen molar-refractivity contribution >= 4 is 17.5 Å². The maximum Gasteiger partial charge on any atom is 0.135 e. The third-order valence-electron chi connectivity index (χ3n) is 5.87. The van der Waals surface area contributed by atoms with E-state index in [1.54, 1.807) is 13.1 Å². The molecule has 2 saturated heterocycles. The van der Waals surface area contributed by atoms with Crippen LogP contribution in [0.1, 0.15) is 31.7 Å². The van der Waals surface area contributed by atoms with Gasteiger partial charge in [0.15, 0.2) is 0 Å². The van der Waals surface area contributed by atoms with E-state index in [9.17, 15) is 9.65 Å². The fourth-order valence-electron chi connectivity index (χ4n) is 3.84. The Bertz CT molecular complexity index is 815. The molecule has 2 aliphatic heterocycles. The standard InChI is InChI=1S/C21H30FN7/c1-3-15(11-23)8-18(25-2)27-19-9-16(21(14-24)4-6-26-7-5-21)10-20(28-19)29-12-17(22)13-29/h8-10,17,26H,3-7,12-14,24H2,1-2H3,(H,25,27,28)/b15-8+. The second-order valence-electron chi connectivity index (χ2n) is 7.70. The predicted molar refractivity (Wildman–Crippen MR) is 115 cm³/mol. The van der Waals surface area contributed by atoms with Gasteiger partial charge in [-0.25, -0.2) is 9.37 Å². The summed E-state index contributed by atoms with van der Waals surface area (Å²) in [5.41, 5.74) is 7.86. The highest BCUT2D eigenvalue weighted by molar-refractivity contribution is 6.04. The lowest BCUT2D eigenvalue weighted by molar-refractivity contribution is 0.273. The number of nitrogens with two attached hydrogens (primary N) is 1. The van der Waals surface area contributed by atoms with E-state index in [1.165, 1.54) is 0 Å². The predicted octanol–water partition coefficient (Wildman–Crippen LogP) is 2.12. The third kappa shape index (κ3) is 4.74. The Hall–Kier alpha value is -2.50. The van der Waals surface area contributed by atoms with Crippen LogP contribution >= 0.6 is 0 Å². The van der Waals surface area contributed by atoms with E-state index in [2.05, 4.69) is 27.8 Å². The van der Waals surface area contributed by atoms with Crippen molar-refractivity contribution < 1.29 is 4.39 Å². The van der Waals surface area contributed by atoms with Crippen molar-refractivity contribution in [2.45, 2.75) is 37.8 Å². The number of amidine groups is 1. The largest absolute Gasteiger partial charge is 0.351 e. The van der Waals surface area contributed by atoms with E-state index < -0.39 is 6.17 Å². The number of halogens is 1. The number of aromatic nitrogens is 1. The minimum atomic E-state index is -0.808. The van der Waals surface area contributed by atoms with Crippen LogP contribution in [-0.2, 0) is 5.41 Å². The number of allylic oxidation sites excluding steroid dienone is 1. The molecule has 0 saturated carbocycles. The van der Waals surface area contributed by atoms with Gasteiger partial charge >= 0.3 is 0 Å². The monoisotopic (exact) mass is 399 g/mol. The molecule has 3 heterocycles. The van der Waals surface area contributed by atoms with Gasteiger partial charge in [-0.05, 0) is 56.1 Å². The number of anilines is 2. The number of nitriles is 1. The van der Waals surface area contributed by atoms with Crippen molar-refractivity contribution in [1.82, 2.24) is 10.3 Å². The number of hydrogen-bond donors (Lipinski definition) is 3. The van der Waals surface area contributed by atoms with Crippen molar-refractivity contribution in [2.24, 2.45) is 10.7 Å². The van der Waals surface area contributed by atoms with Crippen LogP contribution in [0.3, 0.4) is 0 Å². The van der Waals surface area contributed by atoms with Gasteiger partial charge in [-0.2, -0.15) is 5.26 Å². The number of rotatable bonds is 6. The maximum absolute atomic E-state index is 13.5. The molecule has 29 heavy (non-hydrogen) atoms. The summed E-state index contributed by atoms with van der Waals surface area (Å²) in [7, 11) is 1.67. The van der Waals surface area contributed by atoms with Crippen LogP contribution in [0.2, 0.25) is 0 Å². The van der Waals surface area contributed by atoms with Gasteiger partial charge in [-0.15, -0.1) is 0 Å². The molecule has 7 nitrogen and oxygen atoms in total. The van der Waals surface area contributed by atoms with E-state index in [0.717, 1.165) is 37.3 Å². The molecule has 1 aromatic rings. The van der Waals surface area contributed by atoms with E-state index in [4.69, 9.17) is 10.7 Å². The van der Waals surface area contributed by atoms with Gasteiger partial charge < -0.3 is 21.3 Å². The van der Waals surface area contributed by atoms with Crippen LogP contribution < -0.4 is 21.3 Å². The molecule has 3 rings (SSSR count). The molecule has 1 aromatic heterocycles.